The largest absolute Gasteiger partial charge is 0.396 e. The molecule has 1 spiro atoms. The van der Waals surface area contributed by atoms with Crippen molar-refractivity contribution < 1.29 is 9.53 Å². The van der Waals surface area contributed by atoms with Gasteiger partial charge in [-0.1, -0.05) is 6.92 Å². The number of aromatic nitrogens is 2. The van der Waals surface area contributed by atoms with Gasteiger partial charge in [-0.2, -0.15) is 5.10 Å². The van der Waals surface area contributed by atoms with E-state index < -0.39 is 0 Å². The predicted octanol–water partition coefficient (Wildman–Crippen LogP) is 1.87. The molecule has 0 amide bonds. The van der Waals surface area contributed by atoms with Gasteiger partial charge in [0.25, 0.3) is 0 Å². The first-order chi connectivity index (χ1) is 11.1. The normalized spacial score (nSPS) is 25.3. The number of nitrogens with zero attached hydrogens (tertiary/aromatic N) is 3. The summed E-state index contributed by atoms with van der Waals surface area (Å²) in [6.45, 7) is 6.10. The average molecular weight is 318 g/mol. The minimum atomic E-state index is 0.0321. The molecule has 1 saturated carbocycles. The lowest BCUT2D eigenvalue weighted by atomic mass is 9.60. The van der Waals surface area contributed by atoms with Crippen molar-refractivity contribution in [3.8, 4) is 0 Å². The first-order valence-corrected chi connectivity index (χ1v) is 8.80. The Bertz CT molecular complexity index is 592. The number of nitrogen functional groups attached to an aromatic ring is 1. The zero-order valence-corrected chi connectivity index (χ0v) is 13.8. The standard InChI is InChI=1S/C17H26N4O2/c1-2-15(22)16-14(18)9-21(19-16)13-7-17(8-13)10-20(11-17)12-3-5-23-6-4-12/h9,12-13H,2-8,10-11,18H2,1H3. The molecule has 6 heteroatoms. The van der Waals surface area contributed by atoms with Crippen LogP contribution in [0, 0.1) is 5.41 Å². The van der Waals surface area contributed by atoms with E-state index in [1.165, 1.54) is 25.9 Å². The number of hydrogen-bond acceptors (Lipinski definition) is 5. The van der Waals surface area contributed by atoms with Crippen LogP contribution in [0.5, 0.6) is 0 Å². The number of rotatable bonds is 4. The Hall–Kier alpha value is -1.40. The van der Waals surface area contributed by atoms with Crippen LogP contribution >= 0.6 is 0 Å². The van der Waals surface area contributed by atoms with Gasteiger partial charge in [-0.25, -0.2) is 0 Å². The van der Waals surface area contributed by atoms with Crippen LogP contribution in [-0.4, -0.2) is 52.8 Å². The third-order valence-corrected chi connectivity index (χ3v) is 5.84. The van der Waals surface area contributed by atoms with E-state index in [9.17, 15) is 4.79 Å². The summed E-state index contributed by atoms with van der Waals surface area (Å²) in [4.78, 5) is 14.4. The summed E-state index contributed by atoms with van der Waals surface area (Å²) in [6.07, 6.45) is 6.97. The monoisotopic (exact) mass is 318 g/mol. The van der Waals surface area contributed by atoms with Crippen molar-refractivity contribution in [3.05, 3.63) is 11.9 Å². The molecule has 2 saturated heterocycles. The zero-order valence-electron chi connectivity index (χ0n) is 13.8. The number of carbonyl (C=O) groups excluding carboxylic acids is 1. The van der Waals surface area contributed by atoms with Gasteiger partial charge in [-0.05, 0) is 31.1 Å². The molecule has 0 unspecified atom stereocenters. The minimum absolute atomic E-state index is 0.0321. The molecule has 3 heterocycles. The molecule has 2 aliphatic heterocycles. The van der Waals surface area contributed by atoms with Crippen molar-refractivity contribution in [1.29, 1.82) is 0 Å². The van der Waals surface area contributed by atoms with E-state index in [0.717, 1.165) is 32.1 Å². The van der Waals surface area contributed by atoms with E-state index in [-0.39, 0.29) is 5.78 Å². The Morgan fingerprint density at radius 1 is 1.35 bits per heavy atom. The highest BCUT2D eigenvalue weighted by Crippen LogP contribution is 2.54. The van der Waals surface area contributed by atoms with Gasteiger partial charge in [-0.3, -0.25) is 14.4 Å². The second kappa shape index (κ2) is 5.60. The number of ether oxygens (including phenoxy) is 1. The van der Waals surface area contributed by atoms with E-state index >= 15 is 0 Å². The first-order valence-electron chi connectivity index (χ1n) is 8.80. The highest BCUT2D eigenvalue weighted by atomic mass is 16.5. The Balaban J connectivity index is 1.33. The van der Waals surface area contributed by atoms with Crippen LogP contribution in [0.1, 0.15) is 55.6 Å². The van der Waals surface area contributed by atoms with Crippen LogP contribution in [0.15, 0.2) is 6.20 Å². The SMILES string of the molecule is CCC(=O)c1nn(C2CC3(C2)CN(C2CCOCC2)C3)cc1N. The molecule has 1 aliphatic carbocycles. The van der Waals surface area contributed by atoms with Gasteiger partial charge in [0.15, 0.2) is 11.5 Å². The van der Waals surface area contributed by atoms with Crippen molar-refractivity contribution in [1.82, 2.24) is 14.7 Å². The van der Waals surface area contributed by atoms with Gasteiger partial charge in [0, 0.05) is 45.0 Å². The number of ketones is 1. The molecule has 2 N–H and O–H groups in total. The second-order valence-corrected chi connectivity index (χ2v) is 7.50. The predicted molar refractivity (Wildman–Crippen MR) is 87.4 cm³/mol. The Kier molecular flexibility index (Phi) is 3.69. The third-order valence-electron chi connectivity index (χ3n) is 5.84. The maximum atomic E-state index is 11.8. The molecule has 23 heavy (non-hydrogen) atoms. The summed E-state index contributed by atoms with van der Waals surface area (Å²) < 4.78 is 7.38. The van der Waals surface area contributed by atoms with E-state index in [4.69, 9.17) is 10.5 Å². The highest BCUT2D eigenvalue weighted by Gasteiger charge is 2.54. The summed E-state index contributed by atoms with van der Waals surface area (Å²) in [5, 5.41) is 4.45. The number of nitrogens with two attached hydrogens (primary N) is 1. The summed E-state index contributed by atoms with van der Waals surface area (Å²) in [5.74, 6) is 0.0321. The topological polar surface area (TPSA) is 73.4 Å². The van der Waals surface area contributed by atoms with Gasteiger partial charge < -0.3 is 10.5 Å². The van der Waals surface area contributed by atoms with Crippen molar-refractivity contribution in [2.45, 2.75) is 51.1 Å². The van der Waals surface area contributed by atoms with Crippen LogP contribution in [0.4, 0.5) is 5.69 Å². The number of likely N-dealkylation sites (tertiary alicyclic amines) is 1. The molecular weight excluding hydrogens is 292 g/mol. The molecule has 1 aromatic rings. The molecular formula is C17H26N4O2. The molecule has 3 aliphatic rings. The quantitative estimate of drug-likeness (QED) is 0.858. The van der Waals surface area contributed by atoms with Gasteiger partial charge >= 0.3 is 0 Å². The first kappa shape index (κ1) is 15.1. The Morgan fingerprint density at radius 2 is 2.04 bits per heavy atom. The van der Waals surface area contributed by atoms with Gasteiger partial charge in [0.05, 0.1) is 11.7 Å². The lowest BCUT2D eigenvalue weighted by Gasteiger charge is -2.61. The van der Waals surface area contributed by atoms with Crippen LogP contribution in [-0.2, 0) is 4.74 Å². The number of carbonyl (C=O) groups is 1. The lowest BCUT2D eigenvalue weighted by molar-refractivity contribution is -0.124. The number of Topliss-reactive ketones (excluding diaryl/α,β-unsaturated/α-hetero) is 1. The van der Waals surface area contributed by atoms with E-state index in [0.29, 0.717) is 29.3 Å². The van der Waals surface area contributed by atoms with Crippen molar-refractivity contribution in [2.24, 2.45) is 5.41 Å². The van der Waals surface area contributed by atoms with Crippen LogP contribution in [0.2, 0.25) is 0 Å². The van der Waals surface area contributed by atoms with Crippen LogP contribution in [0.25, 0.3) is 0 Å². The van der Waals surface area contributed by atoms with E-state index in [2.05, 4.69) is 10.00 Å². The molecule has 4 rings (SSSR count). The highest BCUT2D eigenvalue weighted by molar-refractivity contribution is 5.98. The molecule has 6 nitrogen and oxygen atoms in total. The zero-order chi connectivity index (χ0) is 16.0. The molecule has 0 bridgehead atoms. The summed E-state index contributed by atoms with van der Waals surface area (Å²) in [6, 6.07) is 1.13. The van der Waals surface area contributed by atoms with Gasteiger partial charge in [0.1, 0.15) is 0 Å². The number of hydrogen-bond donors (Lipinski definition) is 1. The molecule has 126 valence electrons. The summed E-state index contributed by atoms with van der Waals surface area (Å²) in [5.41, 5.74) is 7.40. The van der Waals surface area contributed by atoms with Crippen molar-refractivity contribution in [2.75, 3.05) is 32.0 Å². The molecule has 0 radical (unpaired) electrons. The smallest absolute Gasteiger partial charge is 0.184 e. The lowest BCUT2D eigenvalue weighted by Crippen LogP contribution is -2.65. The Labute approximate surface area is 137 Å². The summed E-state index contributed by atoms with van der Waals surface area (Å²) >= 11 is 0. The van der Waals surface area contributed by atoms with Crippen LogP contribution < -0.4 is 5.73 Å². The van der Waals surface area contributed by atoms with Crippen molar-refractivity contribution in [3.63, 3.8) is 0 Å². The fourth-order valence-corrected chi connectivity index (χ4v) is 4.49. The number of anilines is 1. The molecule has 1 aromatic heterocycles. The van der Waals surface area contributed by atoms with Gasteiger partial charge in [0.2, 0.25) is 0 Å². The molecule has 0 aromatic carbocycles. The average Bonchev–Trinajstić information content (AvgIpc) is 2.86. The maximum Gasteiger partial charge on any atom is 0.184 e. The van der Waals surface area contributed by atoms with Crippen LogP contribution in [0.3, 0.4) is 0 Å². The molecule has 0 atom stereocenters. The fourth-order valence-electron chi connectivity index (χ4n) is 4.49. The maximum absolute atomic E-state index is 11.8. The van der Waals surface area contributed by atoms with Crippen molar-refractivity contribution >= 4 is 11.5 Å². The third kappa shape index (κ3) is 2.58. The minimum Gasteiger partial charge on any atom is -0.396 e. The van der Waals surface area contributed by atoms with E-state index in [1.54, 1.807) is 0 Å². The Morgan fingerprint density at radius 3 is 2.70 bits per heavy atom. The summed E-state index contributed by atoms with van der Waals surface area (Å²) in [7, 11) is 0. The van der Waals surface area contributed by atoms with Gasteiger partial charge in [-0.15, -0.1) is 0 Å². The second-order valence-electron chi connectivity index (χ2n) is 7.50. The molecule has 3 fully saturated rings. The fraction of sp³-hybridized carbons (Fsp3) is 0.765. The van der Waals surface area contributed by atoms with E-state index in [1.807, 2.05) is 17.8 Å².